The third-order valence-electron chi connectivity index (χ3n) is 3.88. The lowest BCUT2D eigenvalue weighted by atomic mass is 10.2. The molecule has 2 amide bonds. The summed E-state index contributed by atoms with van der Waals surface area (Å²) in [6.07, 6.45) is 1.91. The Kier molecular flexibility index (Phi) is 6.42. The smallest absolute Gasteiger partial charge is 0.253 e. The lowest BCUT2D eigenvalue weighted by Gasteiger charge is -2.19. The Morgan fingerprint density at radius 3 is 2.44 bits per heavy atom. The van der Waals surface area contributed by atoms with E-state index in [2.05, 4.69) is 10.6 Å². The number of benzene rings is 1. The molecule has 2 rings (SSSR count). The molecule has 1 fully saturated rings. The molecule has 1 aliphatic carbocycles. The molecule has 0 aromatic heterocycles. The van der Waals surface area contributed by atoms with Gasteiger partial charge in [0.05, 0.1) is 22.0 Å². The van der Waals surface area contributed by atoms with Gasteiger partial charge in [0, 0.05) is 19.1 Å². The molecule has 1 aromatic carbocycles. The number of amides is 2. The van der Waals surface area contributed by atoms with E-state index in [1.54, 1.807) is 13.8 Å². The monoisotopic (exact) mass is 387 g/mol. The van der Waals surface area contributed by atoms with Crippen molar-refractivity contribution in [3.63, 3.8) is 0 Å². The van der Waals surface area contributed by atoms with Gasteiger partial charge in [0.25, 0.3) is 5.91 Å². The van der Waals surface area contributed by atoms with Crippen LogP contribution in [-0.4, -0.2) is 50.2 Å². The van der Waals surface area contributed by atoms with E-state index in [9.17, 15) is 18.0 Å². The van der Waals surface area contributed by atoms with E-state index < -0.39 is 15.9 Å². The molecule has 7 nitrogen and oxygen atoms in total. The van der Waals surface area contributed by atoms with Crippen molar-refractivity contribution in [3.05, 3.63) is 28.8 Å². The van der Waals surface area contributed by atoms with Crippen LogP contribution in [-0.2, 0) is 14.8 Å². The van der Waals surface area contributed by atoms with Crippen LogP contribution in [0.5, 0.6) is 0 Å². The van der Waals surface area contributed by atoms with E-state index >= 15 is 0 Å². The van der Waals surface area contributed by atoms with Crippen molar-refractivity contribution in [2.45, 2.75) is 37.6 Å². The van der Waals surface area contributed by atoms with Crippen molar-refractivity contribution < 1.29 is 18.0 Å². The van der Waals surface area contributed by atoms with Crippen LogP contribution < -0.4 is 10.6 Å². The summed E-state index contributed by atoms with van der Waals surface area (Å²) >= 11 is 6.03. The Labute approximate surface area is 152 Å². The number of halogens is 1. The largest absolute Gasteiger partial charge is 0.352 e. The molecule has 2 N–H and O–H groups in total. The first-order chi connectivity index (χ1) is 11.8. The fourth-order valence-electron chi connectivity index (χ4n) is 2.31. The minimum absolute atomic E-state index is 0.00631. The molecule has 0 saturated heterocycles. The van der Waals surface area contributed by atoms with Crippen molar-refractivity contribution in [1.29, 1.82) is 0 Å². The standard InChI is InChI=1S/C16H22ClN3O4S/c1-3-20(4-2)25(23,24)12-7-8-14(17)13(9-12)16(22)18-10-15(21)19-11-5-6-11/h7-9,11H,3-6,10H2,1-2H3,(H,18,22)(H,19,21). The average Bonchev–Trinajstić information content (AvgIpc) is 3.37. The topological polar surface area (TPSA) is 95.6 Å². The molecule has 25 heavy (non-hydrogen) atoms. The number of rotatable bonds is 8. The van der Waals surface area contributed by atoms with Gasteiger partial charge in [0.1, 0.15) is 0 Å². The highest BCUT2D eigenvalue weighted by molar-refractivity contribution is 7.89. The third kappa shape index (κ3) is 4.93. The molecule has 0 unspecified atom stereocenters. The van der Waals surface area contributed by atoms with E-state index in [0.717, 1.165) is 12.8 Å². The van der Waals surface area contributed by atoms with Gasteiger partial charge in [0.2, 0.25) is 15.9 Å². The summed E-state index contributed by atoms with van der Waals surface area (Å²) in [5.74, 6) is -0.869. The van der Waals surface area contributed by atoms with Crippen LogP contribution in [0.3, 0.4) is 0 Å². The zero-order valence-electron chi connectivity index (χ0n) is 14.2. The number of sulfonamides is 1. The quantitative estimate of drug-likeness (QED) is 0.704. The van der Waals surface area contributed by atoms with Crippen molar-refractivity contribution in [3.8, 4) is 0 Å². The van der Waals surface area contributed by atoms with Crippen molar-refractivity contribution in [2.24, 2.45) is 0 Å². The third-order valence-corrected chi connectivity index (χ3v) is 6.25. The maximum atomic E-state index is 12.6. The van der Waals surface area contributed by atoms with Crippen LogP contribution in [0, 0.1) is 0 Å². The Balaban J connectivity index is 2.14. The Morgan fingerprint density at radius 2 is 1.88 bits per heavy atom. The summed E-state index contributed by atoms with van der Waals surface area (Å²) in [4.78, 5) is 23.9. The van der Waals surface area contributed by atoms with Crippen molar-refractivity contribution in [1.82, 2.24) is 14.9 Å². The Morgan fingerprint density at radius 1 is 1.24 bits per heavy atom. The van der Waals surface area contributed by atoms with Crippen LogP contribution in [0.15, 0.2) is 23.1 Å². The Hall–Kier alpha value is -1.64. The van der Waals surface area contributed by atoms with Crippen LogP contribution in [0.1, 0.15) is 37.0 Å². The molecule has 9 heteroatoms. The van der Waals surface area contributed by atoms with Gasteiger partial charge in [-0.25, -0.2) is 8.42 Å². The summed E-state index contributed by atoms with van der Waals surface area (Å²) in [6, 6.07) is 4.18. The zero-order valence-corrected chi connectivity index (χ0v) is 15.8. The highest BCUT2D eigenvalue weighted by Gasteiger charge is 2.25. The van der Waals surface area contributed by atoms with Gasteiger partial charge >= 0.3 is 0 Å². The molecule has 0 bridgehead atoms. The molecule has 0 radical (unpaired) electrons. The first-order valence-electron chi connectivity index (χ1n) is 8.16. The van der Waals surface area contributed by atoms with E-state index in [1.807, 2.05) is 0 Å². The fourth-order valence-corrected chi connectivity index (χ4v) is 4.00. The highest BCUT2D eigenvalue weighted by Crippen LogP contribution is 2.23. The normalized spacial score (nSPS) is 14.4. The summed E-state index contributed by atoms with van der Waals surface area (Å²) in [5, 5.41) is 5.34. The lowest BCUT2D eigenvalue weighted by molar-refractivity contribution is -0.120. The van der Waals surface area contributed by atoms with E-state index in [1.165, 1.54) is 22.5 Å². The predicted molar refractivity (Wildman–Crippen MR) is 95.1 cm³/mol. The van der Waals surface area contributed by atoms with Gasteiger partial charge in [-0.15, -0.1) is 0 Å². The minimum atomic E-state index is -3.70. The number of nitrogens with one attached hydrogen (secondary N) is 2. The van der Waals surface area contributed by atoms with Gasteiger partial charge < -0.3 is 10.6 Å². The second kappa shape index (κ2) is 8.16. The average molecular weight is 388 g/mol. The van der Waals surface area contributed by atoms with Crippen LogP contribution in [0.2, 0.25) is 5.02 Å². The van der Waals surface area contributed by atoms with Gasteiger partial charge in [-0.1, -0.05) is 25.4 Å². The summed E-state index contributed by atoms with van der Waals surface area (Å²) in [6.45, 7) is 3.94. The zero-order chi connectivity index (χ0) is 18.6. The summed E-state index contributed by atoms with van der Waals surface area (Å²) in [5.41, 5.74) is 0.0223. The second-order valence-corrected chi connectivity index (χ2v) is 8.10. The number of nitrogens with zero attached hydrogens (tertiary/aromatic N) is 1. The molecule has 1 saturated carbocycles. The maximum Gasteiger partial charge on any atom is 0.253 e. The van der Waals surface area contributed by atoms with Crippen LogP contribution in [0.4, 0.5) is 0 Å². The van der Waals surface area contributed by atoms with Crippen LogP contribution in [0.25, 0.3) is 0 Å². The first-order valence-corrected chi connectivity index (χ1v) is 9.98. The fraction of sp³-hybridized carbons (Fsp3) is 0.500. The second-order valence-electron chi connectivity index (χ2n) is 5.76. The molecule has 138 valence electrons. The molecule has 0 heterocycles. The lowest BCUT2D eigenvalue weighted by Crippen LogP contribution is -2.38. The first kappa shape index (κ1) is 19.7. The van der Waals surface area contributed by atoms with E-state index in [-0.39, 0.29) is 34.0 Å². The van der Waals surface area contributed by atoms with Gasteiger partial charge in [-0.05, 0) is 31.0 Å². The van der Waals surface area contributed by atoms with Crippen molar-refractivity contribution in [2.75, 3.05) is 19.6 Å². The predicted octanol–water partition coefficient (Wildman–Crippen LogP) is 1.38. The maximum absolute atomic E-state index is 12.6. The van der Waals surface area contributed by atoms with Crippen molar-refractivity contribution >= 4 is 33.4 Å². The van der Waals surface area contributed by atoms with E-state index in [4.69, 9.17) is 11.6 Å². The number of carbonyl (C=O) groups is 2. The number of hydrogen-bond acceptors (Lipinski definition) is 4. The van der Waals surface area contributed by atoms with Gasteiger partial charge in [-0.3, -0.25) is 9.59 Å². The molecule has 1 aliphatic rings. The number of hydrogen-bond donors (Lipinski definition) is 2. The molecule has 1 aromatic rings. The summed E-state index contributed by atoms with van der Waals surface area (Å²) < 4.78 is 26.4. The molecule has 0 atom stereocenters. The SMILES string of the molecule is CCN(CC)S(=O)(=O)c1ccc(Cl)c(C(=O)NCC(=O)NC2CC2)c1. The minimum Gasteiger partial charge on any atom is -0.352 e. The van der Waals surface area contributed by atoms with Gasteiger partial charge in [-0.2, -0.15) is 4.31 Å². The van der Waals surface area contributed by atoms with Crippen LogP contribution >= 0.6 is 11.6 Å². The summed E-state index contributed by atoms with van der Waals surface area (Å²) in [7, 11) is -3.70. The highest BCUT2D eigenvalue weighted by atomic mass is 35.5. The van der Waals surface area contributed by atoms with Gasteiger partial charge in [0.15, 0.2) is 0 Å². The molecular formula is C16H22ClN3O4S. The van der Waals surface area contributed by atoms with E-state index in [0.29, 0.717) is 13.1 Å². The molecule has 0 spiro atoms. The number of carbonyl (C=O) groups excluding carboxylic acids is 2. The molecule has 0 aliphatic heterocycles. The Bertz CT molecular complexity index is 759. The molecular weight excluding hydrogens is 366 g/mol.